The van der Waals surface area contributed by atoms with Gasteiger partial charge in [-0.15, -0.1) is 0 Å². The van der Waals surface area contributed by atoms with Gasteiger partial charge < -0.3 is 13.8 Å². The average molecular weight is 609 g/mol. The van der Waals surface area contributed by atoms with Gasteiger partial charge in [-0.25, -0.2) is 0 Å². The number of benzene rings is 8. The first kappa shape index (κ1) is 24.9. The monoisotopic (exact) mass is 608 g/mol. The third-order valence-corrected chi connectivity index (χ3v) is 10.9. The molecular weight excluding hydrogens is 583 g/mol. The topological polar surface area (TPSA) is 21.3 Å². The zero-order valence-electron chi connectivity index (χ0n) is 25.8. The first-order valence-electron chi connectivity index (χ1n) is 16.6. The molecule has 4 heterocycles. The van der Waals surface area contributed by atoms with Gasteiger partial charge in [0.15, 0.2) is 0 Å². The predicted octanol–water partition coefficient (Wildman–Crippen LogP) is 10.4. The Morgan fingerprint density at radius 2 is 1.21 bits per heavy atom. The fourth-order valence-electron chi connectivity index (χ4n) is 8.96. The molecule has 2 aliphatic heterocycles. The van der Waals surface area contributed by atoms with Gasteiger partial charge in [-0.3, -0.25) is 0 Å². The Bertz CT molecular complexity index is 3040. The van der Waals surface area contributed by atoms with Gasteiger partial charge in [-0.05, 0) is 68.4 Å². The number of nitrogens with zero attached hydrogens (tertiary/aromatic N) is 2. The Kier molecular flexibility index (Phi) is 4.54. The molecule has 0 spiro atoms. The Hall–Kier alpha value is -6.26. The Balaban J connectivity index is 1.33. The maximum Gasteiger partial charge on any atom is 0.333 e. The number of aromatic nitrogens is 1. The quantitative estimate of drug-likeness (QED) is 0.173. The minimum Gasteiger partial charge on any atom is -0.456 e. The summed E-state index contributed by atoms with van der Waals surface area (Å²) >= 11 is 0. The summed E-state index contributed by atoms with van der Waals surface area (Å²) in [7, 11) is 0. The third kappa shape index (κ3) is 3.01. The second-order valence-electron chi connectivity index (χ2n) is 13.3. The lowest BCUT2D eigenvalue weighted by molar-refractivity contribution is 0.669. The molecule has 0 saturated carbocycles. The smallest absolute Gasteiger partial charge is 0.333 e. The molecular formula is C44H25BN2O. The number of fused-ring (bicyclic) bond motifs is 13. The lowest BCUT2D eigenvalue weighted by Crippen LogP contribution is -2.56. The largest absolute Gasteiger partial charge is 0.456 e. The Morgan fingerprint density at radius 1 is 0.500 bits per heavy atom. The minimum atomic E-state index is -0.0262. The number of anilines is 3. The molecule has 0 N–H and O–H groups in total. The summed E-state index contributed by atoms with van der Waals surface area (Å²) in [6.45, 7) is -0.0262. The molecule has 2 aliphatic rings. The molecule has 10 aromatic rings. The minimum absolute atomic E-state index is 0.0262. The van der Waals surface area contributed by atoms with Crippen molar-refractivity contribution in [3.63, 3.8) is 0 Å². The van der Waals surface area contributed by atoms with Gasteiger partial charge in [-0.2, -0.15) is 0 Å². The predicted molar refractivity (Wildman–Crippen MR) is 202 cm³/mol. The summed E-state index contributed by atoms with van der Waals surface area (Å²) in [5.41, 5.74) is 13.1. The van der Waals surface area contributed by atoms with E-state index >= 15 is 0 Å². The van der Waals surface area contributed by atoms with Crippen LogP contribution in [0.5, 0.6) is 0 Å². The molecule has 0 unspecified atom stereocenters. The van der Waals surface area contributed by atoms with Gasteiger partial charge >= 0.3 is 6.85 Å². The van der Waals surface area contributed by atoms with Gasteiger partial charge in [0.1, 0.15) is 11.2 Å². The third-order valence-electron chi connectivity index (χ3n) is 10.9. The number of hydrogen-bond acceptors (Lipinski definition) is 2. The van der Waals surface area contributed by atoms with Crippen LogP contribution in [0.2, 0.25) is 0 Å². The lowest BCUT2D eigenvalue weighted by Gasteiger charge is -2.41. The van der Waals surface area contributed by atoms with Gasteiger partial charge in [0.2, 0.25) is 0 Å². The van der Waals surface area contributed by atoms with Gasteiger partial charge in [-0.1, -0.05) is 115 Å². The number of rotatable bonds is 1. The van der Waals surface area contributed by atoms with E-state index in [0.717, 1.165) is 22.2 Å². The van der Waals surface area contributed by atoms with Crippen molar-refractivity contribution in [2.24, 2.45) is 0 Å². The van der Waals surface area contributed by atoms with Crippen LogP contribution in [0.15, 0.2) is 156 Å². The van der Waals surface area contributed by atoms with E-state index in [9.17, 15) is 0 Å². The molecule has 0 bridgehead atoms. The van der Waals surface area contributed by atoms with Crippen LogP contribution in [-0.4, -0.2) is 11.3 Å². The summed E-state index contributed by atoms with van der Waals surface area (Å²) in [5.74, 6) is 0. The second kappa shape index (κ2) is 8.75. The van der Waals surface area contributed by atoms with Crippen LogP contribution in [0.3, 0.4) is 0 Å². The standard InChI is InChI=1S/C44H25BN2O/c1-2-11-27-22-30(21-20-26(27)10-1)46-37-24-29-13-4-3-12-28(29)23-35(37)45-43-38(46)25-40-41(33-15-6-8-19-39(33)48-40)42(43)34-17-9-16-32-31-14-5-7-18-36(31)47(45)44(32)34/h1-25H. The van der Waals surface area contributed by atoms with Gasteiger partial charge in [0.05, 0.1) is 0 Å². The number of hydrogen-bond donors (Lipinski definition) is 0. The Morgan fingerprint density at radius 3 is 2.08 bits per heavy atom. The molecule has 0 aliphatic carbocycles. The molecule has 48 heavy (non-hydrogen) atoms. The van der Waals surface area contributed by atoms with Crippen molar-refractivity contribution in [1.29, 1.82) is 0 Å². The van der Waals surface area contributed by atoms with E-state index in [1.54, 1.807) is 0 Å². The summed E-state index contributed by atoms with van der Waals surface area (Å²) in [6, 6.07) is 55.7. The molecule has 8 aromatic carbocycles. The van der Waals surface area contributed by atoms with Crippen molar-refractivity contribution >= 4 is 100 Å². The van der Waals surface area contributed by atoms with Gasteiger partial charge in [0.25, 0.3) is 0 Å². The van der Waals surface area contributed by atoms with E-state index in [1.165, 1.54) is 82.2 Å². The van der Waals surface area contributed by atoms with E-state index in [-0.39, 0.29) is 6.85 Å². The van der Waals surface area contributed by atoms with Crippen molar-refractivity contribution in [2.75, 3.05) is 4.90 Å². The number of furan rings is 1. The van der Waals surface area contributed by atoms with E-state index in [2.05, 4.69) is 161 Å². The molecule has 4 heteroatoms. The first-order chi connectivity index (χ1) is 23.8. The summed E-state index contributed by atoms with van der Waals surface area (Å²) in [6.07, 6.45) is 0. The van der Waals surface area contributed by atoms with Crippen LogP contribution in [0.1, 0.15) is 0 Å². The second-order valence-corrected chi connectivity index (χ2v) is 13.3. The highest BCUT2D eigenvalue weighted by Gasteiger charge is 2.44. The van der Waals surface area contributed by atoms with Crippen LogP contribution in [0, 0.1) is 0 Å². The summed E-state index contributed by atoms with van der Waals surface area (Å²) in [5, 5.41) is 9.88. The molecule has 220 valence electrons. The van der Waals surface area contributed by atoms with E-state index in [4.69, 9.17) is 4.42 Å². The van der Waals surface area contributed by atoms with Crippen LogP contribution in [-0.2, 0) is 0 Å². The van der Waals surface area contributed by atoms with Crippen molar-refractivity contribution in [3.8, 4) is 11.1 Å². The maximum absolute atomic E-state index is 6.74. The van der Waals surface area contributed by atoms with E-state index in [0.29, 0.717) is 0 Å². The lowest BCUT2D eigenvalue weighted by atomic mass is 9.44. The summed E-state index contributed by atoms with van der Waals surface area (Å²) in [4.78, 5) is 2.49. The van der Waals surface area contributed by atoms with Gasteiger partial charge in [0, 0.05) is 61.3 Å². The molecule has 2 aromatic heterocycles. The highest BCUT2D eigenvalue weighted by Crippen LogP contribution is 2.49. The normalized spacial score (nSPS) is 13.3. The van der Waals surface area contributed by atoms with Crippen LogP contribution in [0.4, 0.5) is 17.1 Å². The average Bonchev–Trinajstić information content (AvgIpc) is 3.68. The maximum atomic E-state index is 6.74. The van der Waals surface area contributed by atoms with Crippen molar-refractivity contribution in [3.05, 3.63) is 152 Å². The molecule has 0 saturated heterocycles. The summed E-state index contributed by atoms with van der Waals surface area (Å²) < 4.78 is 9.37. The zero-order valence-corrected chi connectivity index (χ0v) is 25.8. The highest BCUT2D eigenvalue weighted by atomic mass is 16.3. The SMILES string of the molecule is c1ccc2cc(N3c4cc5ccccc5cc4B4c5c3cc3oc6ccccc6c3c5-c3cccc5c6ccccc6n4c35)ccc2c1. The fraction of sp³-hybridized carbons (Fsp3) is 0. The van der Waals surface area contributed by atoms with E-state index < -0.39 is 0 Å². The number of para-hydroxylation sites is 3. The Labute approximate surface area is 275 Å². The fourth-order valence-corrected chi connectivity index (χ4v) is 8.96. The molecule has 0 fully saturated rings. The molecule has 0 atom stereocenters. The molecule has 0 radical (unpaired) electrons. The molecule has 0 amide bonds. The van der Waals surface area contributed by atoms with Crippen LogP contribution >= 0.6 is 0 Å². The highest BCUT2D eigenvalue weighted by molar-refractivity contribution is 6.90. The van der Waals surface area contributed by atoms with Crippen LogP contribution in [0.25, 0.3) is 76.4 Å². The van der Waals surface area contributed by atoms with Crippen molar-refractivity contribution < 1.29 is 4.42 Å². The zero-order chi connectivity index (χ0) is 31.1. The van der Waals surface area contributed by atoms with Crippen molar-refractivity contribution in [2.45, 2.75) is 0 Å². The first-order valence-corrected chi connectivity index (χ1v) is 16.6. The van der Waals surface area contributed by atoms with Crippen molar-refractivity contribution in [1.82, 2.24) is 4.48 Å². The molecule has 12 rings (SSSR count). The molecule has 3 nitrogen and oxygen atoms in total. The van der Waals surface area contributed by atoms with E-state index in [1.807, 2.05) is 0 Å². The van der Waals surface area contributed by atoms with Crippen LogP contribution < -0.4 is 15.8 Å².